The van der Waals surface area contributed by atoms with Gasteiger partial charge in [-0.05, 0) is 37.7 Å². The summed E-state index contributed by atoms with van der Waals surface area (Å²) in [6.45, 7) is 5.64. The van der Waals surface area contributed by atoms with E-state index in [-0.39, 0.29) is 42.0 Å². The molecule has 5 nitrogen and oxygen atoms in total. The Kier molecular flexibility index (Phi) is 23.6. The third-order valence-corrected chi connectivity index (χ3v) is 8.04. The summed E-state index contributed by atoms with van der Waals surface area (Å²) in [7, 11) is 0. The van der Waals surface area contributed by atoms with Gasteiger partial charge in [0.1, 0.15) is 0 Å². The maximum atomic E-state index is 12.4. The van der Waals surface area contributed by atoms with Gasteiger partial charge in [0, 0.05) is 24.9 Å². The molecule has 1 aliphatic rings. The maximum absolute atomic E-state index is 12.4. The van der Waals surface area contributed by atoms with Crippen molar-refractivity contribution in [3.63, 3.8) is 0 Å². The fraction of sp³-hybridized carbons (Fsp3) is 0.794. The summed E-state index contributed by atoms with van der Waals surface area (Å²) in [5.41, 5.74) is 1.14. The van der Waals surface area contributed by atoms with Crippen LogP contribution < -0.4 is 34.7 Å². The van der Waals surface area contributed by atoms with Gasteiger partial charge in [-0.2, -0.15) is 0 Å². The molecule has 6 heteroatoms. The quantitative estimate of drug-likeness (QED) is 0.128. The van der Waals surface area contributed by atoms with Crippen molar-refractivity contribution in [2.24, 2.45) is 5.92 Å². The zero-order valence-electron chi connectivity index (χ0n) is 26.1. The summed E-state index contributed by atoms with van der Waals surface area (Å²) in [5.74, 6) is -1.64. The Balaban J connectivity index is 0.00000800. The normalized spacial score (nSPS) is 17.6. The largest absolute Gasteiger partial charge is 1.00 e. The molecule has 0 radical (unpaired) electrons. The first-order valence-electron chi connectivity index (χ1n) is 16.3. The van der Waals surface area contributed by atoms with E-state index in [1.165, 1.54) is 51.4 Å². The van der Waals surface area contributed by atoms with E-state index in [0.29, 0.717) is 26.1 Å². The number of ether oxygens (including phenoxy) is 3. The van der Waals surface area contributed by atoms with Crippen LogP contribution in [0.5, 0.6) is 0 Å². The molecule has 0 saturated carbocycles. The Morgan fingerprint density at radius 2 is 1.48 bits per heavy atom. The third-order valence-electron chi connectivity index (χ3n) is 8.04. The summed E-state index contributed by atoms with van der Waals surface area (Å²) in [4.78, 5) is 12.4. The van der Waals surface area contributed by atoms with Gasteiger partial charge in [-0.3, -0.25) is 0 Å². The molecule has 1 aromatic carbocycles. The average Bonchev–Trinajstić information content (AvgIpc) is 2.95. The topological polar surface area (TPSA) is 67.8 Å². The number of carbonyl (C=O) groups is 1. The van der Waals surface area contributed by atoms with Crippen molar-refractivity contribution in [3.8, 4) is 0 Å². The number of carbonyl (C=O) groups excluding carboxylic acids is 1. The Labute approximate surface area is 267 Å². The Morgan fingerprint density at radius 3 is 2.08 bits per heavy atom. The fourth-order valence-corrected chi connectivity index (χ4v) is 5.57. The molecule has 4 atom stereocenters. The molecule has 0 aromatic heterocycles. The van der Waals surface area contributed by atoms with Crippen molar-refractivity contribution in [3.05, 3.63) is 35.9 Å². The second kappa shape index (κ2) is 25.1. The molecule has 0 bridgehead atoms. The van der Waals surface area contributed by atoms with Crippen LogP contribution in [0.1, 0.15) is 141 Å². The number of carboxylic acids is 1. The van der Waals surface area contributed by atoms with E-state index < -0.39 is 18.0 Å². The molecule has 1 aliphatic heterocycles. The standard InChI is InChI=1S/C34H58O5.Na/c1-3-5-7-9-10-11-12-13-17-23-30(38-28-29-21-15-14-16-22-29)27-32(39-33-25-19-20-26-37-33)31(34(35)36)24-18-8-6-4-2;/h14-16,21-22,30-33H,3-13,17-20,23-28H2,1-2H3,(H,35,36);/q;+1/p-1. The fourth-order valence-electron chi connectivity index (χ4n) is 5.57. The number of rotatable bonds is 24. The van der Waals surface area contributed by atoms with E-state index in [1.54, 1.807) is 0 Å². The molecular formula is C34H57NaO5. The molecule has 0 spiro atoms. The Hall–Kier alpha value is -0.430. The van der Waals surface area contributed by atoms with Crippen molar-refractivity contribution in [2.75, 3.05) is 6.61 Å². The second-order valence-electron chi connectivity index (χ2n) is 11.5. The minimum absolute atomic E-state index is 0. The van der Waals surface area contributed by atoms with Gasteiger partial charge in [0.15, 0.2) is 6.29 Å². The van der Waals surface area contributed by atoms with E-state index in [1.807, 2.05) is 18.2 Å². The molecule has 2 rings (SSSR count). The minimum atomic E-state index is -1.00. The van der Waals surface area contributed by atoms with Gasteiger partial charge in [-0.1, -0.05) is 128 Å². The van der Waals surface area contributed by atoms with Crippen LogP contribution in [-0.4, -0.2) is 31.1 Å². The Bertz CT molecular complexity index is 710. The molecule has 0 N–H and O–H groups in total. The first kappa shape index (κ1) is 37.6. The van der Waals surface area contributed by atoms with E-state index in [9.17, 15) is 9.90 Å². The molecule has 1 heterocycles. The molecule has 224 valence electrons. The molecule has 0 amide bonds. The first-order chi connectivity index (χ1) is 19.1. The number of hydrogen-bond acceptors (Lipinski definition) is 5. The zero-order valence-corrected chi connectivity index (χ0v) is 28.1. The van der Waals surface area contributed by atoms with Crippen LogP contribution in [0, 0.1) is 5.92 Å². The summed E-state index contributed by atoms with van der Waals surface area (Å²) in [6, 6.07) is 10.2. The van der Waals surface area contributed by atoms with Crippen LogP contribution in [0.2, 0.25) is 0 Å². The predicted octanol–water partition coefficient (Wildman–Crippen LogP) is 5.14. The first-order valence-corrected chi connectivity index (χ1v) is 16.3. The van der Waals surface area contributed by atoms with Crippen LogP contribution in [0.3, 0.4) is 0 Å². The van der Waals surface area contributed by atoms with Gasteiger partial charge in [-0.15, -0.1) is 0 Å². The summed E-state index contributed by atoms with van der Waals surface area (Å²) in [6.07, 6.45) is 19.8. The minimum Gasteiger partial charge on any atom is -0.550 e. The van der Waals surface area contributed by atoms with Gasteiger partial charge in [0.25, 0.3) is 0 Å². The number of unbranched alkanes of at least 4 members (excludes halogenated alkanes) is 11. The molecule has 1 saturated heterocycles. The van der Waals surface area contributed by atoms with Crippen molar-refractivity contribution in [1.29, 1.82) is 0 Å². The molecule has 40 heavy (non-hydrogen) atoms. The van der Waals surface area contributed by atoms with Crippen LogP contribution in [0.15, 0.2) is 30.3 Å². The molecular weight excluding hydrogens is 511 g/mol. The van der Waals surface area contributed by atoms with E-state index in [0.717, 1.165) is 63.4 Å². The SMILES string of the molecule is CCCCCCCCCCCC(CC(OC1CCCCO1)C(CCCCCC)C(=O)[O-])OCc1ccccc1.[Na+]. The number of carboxylic acid groups (broad SMARTS) is 1. The van der Waals surface area contributed by atoms with Gasteiger partial charge >= 0.3 is 29.6 Å². The number of aliphatic carboxylic acids is 1. The van der Waals surface area contributed by atoms with Crippen LogP contribution in [0.25, 0.3) is 0 Å². The van der Waals surface area contributed by atoms with Crippen LogP contribution in [0.4, 0.5) is 0 Å². The summed E-state index contributed by atoms with van der Waals surface area (Å²) in [5, 5.41) is 12.4. The summed E-state index contributed by atoms with van der Waals surface area (Å²) < 4.78 is 18.8. The van der Waals surface area contributed by atoms with Crippen molar-refractivity contribution < 1.29 is 53.7 Å². The molecule has 4 unspecified atom stereocenters. The van der Waals surface area contributed by atoms with Crippen LogP contribution in [-0.2, 0) is 25.6 Å². The van der Waals surface area contributed by atoms with E-state index in [4.69, 9.17) is 14.2 Å². The van der Waals surface area contributed by atoms with Crippen molar-refractivity contribution in [2.45, 2.75) is 161 Å². The Morgan fingerprint density at radius 1 is 0.875 bits per heavy atom. The van der Waals surface area contributed by atoms with Crippen molar-refractivity contribution >= 4 is 5.97 Å². The van der Waals surface area contributed by atoms with Gasteiger partial charge < -0.3 is 24.1 Å². The smallest absolute Gasteiger partial charge is 0.550 e. The average molecular weight is 569 g/mol. The molecule has 1 aromatic rings. The van der Waals surface area contributed by atoms with E-state index in [2.05, 4.69) is 26.0 Å². The predicted molar refractivity (Wildman–Crippen MR) is 157 cm³/mol. The van der Waals surface area contributed by atoms with E-state index >= 15 is 0 Å². The van der Waals surface area contributed by atoms with Gasteiger partial charge in [-0.25, -0.2) is 0 Å². The molecule has 1 fully saturated rings. The number of hydrogen-bond donors (Lipinski definition) is 0. The summed E-state index contributed by atoms with van der Waals surface area (Å²) >= 11 is 0. The second-order valence-corrected chi connectivity index (χ2v) is 11.5. The number of benzene rings is 1. The maximum Gasteiger partial charge on any atom is 1.00 e. The van der Waals surface area contributed by atoms with Gasteiger partial charge in [0.05, 0.1) is 18.8 Å². The zero-order chi connectivity index (χ0) is 28.0. The van der Waals surface area contributed by atoms with Crippen LogP contribution >= 0.6 is 0 Å². The van der Waals surface area contributed by atoms with Gasteiger partial charge in [0.2, 0.25) is 0 Å². The third kappa shape index (κ3) is 17.5. The monoisotopic (exact) mass is 568 g/mol. The van der Waals surface area contributed by atoms with Crippen molar-refractivity contribution in [1.82, 2.24) is 0 Å². The molecule has 0 aliphatic carbocycles.